The Labute approximate surface area is 95.9 Å². The van der Waals surface area contributed by atoms with Gasteiger partial charge in [-0.1, -0.05) is 6.58 Å². The number of hydrogen-bond acceptors (Lipinski definition) is 3. The molecule has 0 spiro atoms. The zero-order chi connectivity index (χ0) is 12.0. The first kappa shape index (κ1) is 12.7. The summed E-state index contributed by atoms with van der Waals surface area (Å²) in [7, 11) is 1.64. The lowest BCUT2D eigenvalue weighted by molar-refractivity contribution is -0.122. The van der Waals surface area contributed by atoms with Crippen LogP contribution < -0.4 is 10.6 Å². The van der Waals surface area contributed by atoms with Gasteiger partial charge in [-0.05, 0) is 18.9 Å². The third kappa shape index (κ3) is 4.02. The minimum Gasteiger partial charge on any atom is -0.358 e. The van der Waals surface area contributed by atoms with Gasteiger partial charge in [-0.15, -0.1) is 0 Å². The second kappa shape index (κ2) is 6.27. The lowest BCUT2D eigenvalue weighted by atomic mass is 10.1. The molecule has 16 heavy (non-hydrogen) atoms. The van der Waals surface area contributed by atoms with Crippen molar-refractivity contribution in [1.82, 2.24) is 15.5 Å². The summed E-state index contributed by atoms with van der Waals surface area (Å²) in [6.45, 7) is 5.54. The Balaban J connectivity index is 2.25. The van der Waals surface area contributed by atoms with Crippen molar-refractivity contribution in [3.8, 4) is 0 Å². The first-order valence-electron chi connectivity index (χ1n) is 5.51. The Kier molecular flexibility index (Phi) is 4.98. The zero-order valence-corrected chi connectivity index (χ0v) is 9.66. The fraction of sp³-hybridized carbons (Fsp3) is 0.636. The number of nitrogens with zero attached hydrogens (tertiary/aromatic N) is 1. The highest BCUT2D eigenvalue weighted by molar-refractivity contribution is 5.87. The van der Waals surface area contributed by atoms with Crippen LogP contribution in [0, 0.1) is 0 Å². The monoisotopic (exact) mass is 225 g/mol. The van der Waals surface area contributed by atoms with Gasteiger partial charge in [-0.2, -0.15) is 0 Å². The lowest BCUT2D eigenvalue weighted by Gasteiger charge is -2.31. The van der Waals surface area contributed by atoms with E-state index in [0.29, 0.717) is 6.54 Å². The maximum Gasteiger partial charge on any atom is 0.243 e. The topological polar surface area (TPSA) is 61.4 Å². The van der Waals surface area contributed by atoms with Gasteiger partial charge in [0.05, 0.1) is 6.54 Å². The summed E-state index contributed by atoms with van der Waals surface area (Å²) in [4.78, 5) is 24.3. The molecular weight excluding hydrogens is 206 g/mol. The van der Waals surface area contributed by atoms with Gasteiger partial charge in [0.15, 0.2) is 0 Å². The molecule has 1 aliphatic heterocycles. The van der Waals surface area contributed by atoms with Crippen LogP contribution in [0.15, 0.2) is 12.7 Å². The number of carbonyl (C=O) groups excluding carboxylic acids is 2. The Hall–Kier alpha value is -1.36. The van der Waals surface area contributed by atoms with Crippen molar-refractivity contribution in [2.75, 3.05) is 26.7 Å². The molecule has 2 N–H and O–H groups in total. The predicted octanol–water partition coefficient (Wildman–Crippen LogP) is -0.501. The average molecular weight is 225 g/mol. The van der Waals surface area contributed by atoms with E-state index in [0.717, 1.165) is 25.9 Å². The molecule has 5 nitrogen and oxygen atoms in total. The molecule has 0 unspecified atom stereocenters. The molecule has 90 valence electrons. The Morgan fingerprint density at radius 3 is 2.56 bits per heavy atom. The molecule has 0 aromatic heterocycles. The third-order valence-electron chi connectivity index (χ3n) is 2.77. The smallest absolute Gasteiger partial charge is 0.243 e. The van der Waals surface area contributed by atoms with Crippen molar-refractivity contribution >= 4 is 11.8 Å². The van der Waals surface area contributed by atoms with Crippen LogP contribution in [0.25, 0.3) is 0 Å². The molecule has 2 amide bonds. The summed E-state index contributed by atoms with van der Waals surface area (Å²) in [6.07, 6.45) is 3.06. The summed E-state index contributed by atoms with van der Waals surface area (Å²) >= 11 is 0. The van der Waals surface area contributed by atoms with Crippen LogP contribution in [0.5, 0.6) is 0 Å². The Morgan fingerprint density at radius 2 is 2.06 bits per heavy atom. The molecule has 0 atom stereocenters. The van der Waals surface area contributed by atoms with Crippen LogP contribution in [-0.4, -0.2) is 49.4 Å². The number of rotatable bonds is 4. The highest BCUT2D eigenvalue weighted by atomic mass is 16.2. The minimum atomic E-state index is -0.121. The molecule has 0 aromatic rings. The van der Waals surface area contributed by atoms with Gasteiger partial charge in [0, 0.05) is 26.2 Å². The fourth-order valence-electron chi connectivity index (χ4n) is 1.78. The van der Waals surface area contributed by atoms with Crippen LogP contribution in [0.2, 0.25) is 0 Å². The zero-order valence-electron chi connectivity index (χ0n) is 9.66. The lowest BCUT2D eigenvalue weighted by Crippen LogP contribution is -2.46. The van der Waals surface area contributed by atoms with E-state index in [1.165, 1.54) is 6.08 Å². The molecule has 1 heterocycles. The van der Waals surface area contributed by atoms with Gasteiger partial charge >= 0.3 is 0 Å². The maximum absolute atomic E-state index is 11.1. The number of carbonyl (C=O) groups is 2. The molecule has 0 bridgehead atoms. The third-order valence-corrected chi connectivity index (χ3v) is 2.77. The number of nitrogens with one attached hydrogen (secondary N) is 2. The van der Waals surface area contributed by atoms with Crippen molar-refractivity contribution in [3.05, 3.63) is 12.7 Å². The first-order chi connectivity index (χ1) is 7.65. The summed E-state index contributed by atoms with van der Waals surface area (Å²) < 4.78 is 0. The summed E-state index contributed by atoms with van der Waals surface area (Å²) in [5, 5.41) is 5.47. The van der Waals surface area contributed by atoms with Crippen molar-refractivity contribution in [3.63, 3.8) is 0 Å². The number of piperidine rings is 1. The average Bonchev–Trinajstić information content (AvgIpc) is 2.31. The van der Waals surface area contributed by atoms with Gasteiger partial charge in [0.25, 0.3) is 0 Å². The molecular formula is C11H19N3O2. The highest BCUT2D eigenvalue weighted by Gasteiger charge is 2.20. The van der Waals surface area contributed by atoms with E-state index >= 15 is 0 Å². The van der Waals surface area contributed by atoms with Crippen LogP contribution >= 0.6 is 0 Å². The van der Waals surface area contributed by atoms with Gasteiger partial charge in [-0.3, -0.25) is 14.5 Å². The molecule has 5 heteroatoms. The van der Waals surface area contributed by atoms with Crippen LogP contribution in [-0.2, 0) is 9.59 Å². The van der Waals surface area contributed by atoms with Gasteiger partial charge in [0.2, 0.25) is 11.8 Å². The van der Waals surface area contributed by atoms with E-state index in [1.54, 1.807) is 7.05 Å². The highest BCUT2D eigenvalue weighted by Crippen LogP contribution is 2.09. The molecule has 1 saturated heterocycles. The second-order valence-electron chi connectivity index (χ2n) is 3.94. The van der Waals surface area contributed by atoms with Gasteiger partial charge < -0.3 is 10.6 Å². The van der Waals surface area contributed by atoms with Crippen LogP contribution in [0.3, 0.4) is 0 Å². The number of likely N-dealkylation sites (tertiary alicyclic amines) is 1. The van der Waals surface area contributed by atoms with E-state index < -0.39 is 0 Å². The predicted molar refractivity (Wildman–Crippen MR) is 61.9 cm³/mol. The van der Waals surface area contributed by atoms with E-state index in [-0.39, 0.29) is 17.9 Å². The summed E-state index contributed by atoms with van der Waals surface area (Å²) in [5.41, 5.74) is 0. The molecule has 0 aromatic carbocycles. The largest absolute Gasteiger partial charge is 0.358 e. The first-order valence-corrected chi connectivity index (χ1v) is 5.51. The standard InChI is InChI=1S/C11H19N3O2/c1-3-10(15)13-9-4-6-14(7-5-9)8-11(16)12-2/h3,9H,1,4-8H2,2H3,(H,12,16)(H,13,15). The second-order valence-corrected chi connectivity index (χ2v) is 3.94. The van der Waals surface area contributed by atoms with Crippen LogP contribution in [0.4, 0.5) is 0 Å². The molecule has 0 aliphatic carbocycles. The van der Waals surface area contributed by atoms with E-state index in [1.807, 2.05) is 0 Å². The number of hydrogen-bond donors (Lipinski definition) is 2. The molecule has 0 saturated carbocycles. The quantitative estimate of drug-likeness (QED) is 0.634. The van der Waals surface area contributed by atoms with Crippen molar-refractivity contribution < 1.29 is 9.59 Å². The number of likely N-dealkylation sites (N-methyl/N-ethyl adjacent to an activating group) is 1. The molecule has 0 radical (unpaired) electrons. The van der Waals surface area contributed by atoms with E-state index in [2.05, 4.69) is 22.1 Å². The number of amides is 2. The summed E-state index contributed by atoms with van der Waals surface area (Å²) in [6, 6.07) is 0.214. The molecule has 1 aliphatic rings. The Bertz CT molecular complexity index is 270. The van der Waals surface area contributed by atoms with Crippen molar-refractivity contribution in [1.29, 1.82) is 0 Å². The van der Waals surface area contributed by atoms with Gasteiger partial charge in [-0.25, -0.2) is 0 Å². The fourth-order valence-corrected chi connectivity index (χ4v) is 1.78. The van der Waals surface area contributed by atoms with Crippen molar-refractivity contribution in [2.24, 2.45) is 0 Å². The van der Waals surface area contributed by atoms with Gasteiger partial charge in [0.1, 0.15) is 0 Å². The van der Waals surface area contributed by atoms with Crippen molar-refractivity contribution in [2.45, 2.75) is 18.9 Å². The minimum absolute atomic E-state index is 0.0357. The van der Waals surface area contributed by atoms with E-state index in [9.17, 15) is 9.59 Å². The summed E-state index contributed by atoms with van der Waals surface area (Å²) in [5.74, 6) is -0.0849. The molecule has 1 fully saturated rings. The SMILES string of the molecule is C=CC(=O)NC1CCN(CC(=O)NC)CC1. The normalized spacial score (nSPS) is 17.8. The maximum atomic E-state index is 11.1. The Morgan fingerprint density at radius 1 is 1.44 bits per heavy atom. The molecule has 1 rings (SSSR count). The van der Waals surface area contributed by atoms with E-state index in [4.69, 9.17) is 0 Å². The van der Waals surface area contributed by atoms with Crippen LogP contribution in [0.1, 0.15) is 12.8 Å².